The number of amides is 1. The molecule has 2 rings (SSSR count). The number of carbonyl (C=O) groups excluding carboxylic acids is 1. The fourth-order valence-electron chi connectivity index (χ4n) is 1.77. The highest BCUT2D eigenvalue weighted by Crippen LogP contribution is 2.11. The summed E-state index contributed by atoms with van der Waals surface area (Å²) in [6, 6.07) is 9.04. The van der Waals surface area contributed by atoms with Gasteiger partial charge in [-0.1, -0.05) is 0 Å². The molecule has 0 bridgehead atoms. The Morgan fingerprint density at radius 2 is 2.05 bits per heavy atom. The van der Waals surface area contributed by atoms with Crippen LogP contribution in [0.1, 0.15) is 12.7 Å². The minimum absolute atomic E-state index is 0.148. The Morgan fingerprint density at radius 3 is 2.65 bits per heavy atom. The molecule has 0 aliphatic carbocycles. The Kier molecular flexibility index (Phi) is 4.53. The molecule has 1 N–H and O–H groups in total. The normalized spacial score (nSPS) is 12.4. The second kappa shape index (κ2) is 6.34. The maximum absolute atomic E-state index is 12.8. The molecule has 0 fully saturated rings. The van der Waals surface area contributed by atoms with Crippen LogP contribution >= 0.6 is 0 Å². The van der Waals surface area contributed by atoms with E-state index in [-0.39, 0.29) is 17.8 Å². The molecule has 1 heterocycles. The number of hydrogen-bond donors (Lipinski definition) is 1. The van der Waals surface area contributed by atoms with Gasteiger partial charge in [-0.3, -0.25) is 9.69 Å². The number of hydrogen-bond acceptors (Lipinski definition) is 3. The first-order valence-electron chi connectivity index (χ1n) is 6.35. The van der Waals surface area contributed by atoms with Gasteiger partial charge in [0.1, 0.15) is 11.6 Å². The molecule has 1 unspecified atom stereocenters. The highest BCUT2D eigenvalue weighted by molar-refractivity contribution is 5.94. The molecule has 0 saturated heterocycles. The summed E-state index contributed by atoms with van der Waals surface area (Å²) in [6.45, 7) is 2.35. The van der Waals surface area contributed by atoms with Crippen molar-refractivity contribution in [1.82, 2.24) is 4.90 Å². The Morgan fingerprint density at radius 1 is 1.35 bits per heavy atom. The molecule has 20 heavy (non-hydrogen) atoms. The second-order valence-electron chi connectivity index (χ2n) is 4.67. The van der Waals surface area contributed by atoms with Crippen molar-refractivity contribution in [2.45, 2.75) is 19.5 Å². The van der Waals surface area contributed by atoms with Gasteiger partial charge in [-0.2, -0.15) is 0 Å². The van der Waals surface area contributed by atoms with E-state index in [0.717, 1.165) is 5.76 Å². The second-order valence-corrected chi connectivity index (χ2v) is 4.67. The monoisotopic (exact) mass is 276 g/mol. The van der Waals surface area contributed by atoms with E-state index in [0.29, 0.717) is 12.2 Å². The highest BCUT2D eigenvalue weighted by Gasteiger charge is 2.19. The minimum atomic E-state index is -0.329. The molecular formula is C15H17FN2O2. The lowest BCUT2D eigenvalue weighted by molar-refractivity contribution is -0.120. The summed E-state index contributed by atoms with van der Waals surface area (Å²) in [6.07, 6.45) is 1.60. The molecular weight excluding hydrogens is 259 g/mol. The lowest BCUT2D eigenvalue weighted by atomic mass is 10.2. The van der Waals surface area contributed by atoms with Crippen LogP contribution < -0.4 is 5.32 Å². The van der Waals surface area contributed by atoms with Crippen LogP contribution in [0.3, 0.4) is 0 Å². The number of nitrogens with zero attached hydrogens (tertiary/aromatic N) is 1. The van der Waals surface area contributed by atoms with Crippen molar-refractivity contribution >= 4 is 11.6 Å². The van der Waals surface area contributed by atoms with Crippen molar-refractivity contribution in [3.05, 3.63) is 54.2 Å². The summed E-state index contributed by atoms with van der Waals surface area (Å²) in [5.41, 5.74) is 0.578. The average molecular weight is 276 g/mol. The van der Waals surface area contributed by atoms with Gasteiger partial charge in [0.2, 0.25) is 5.91 Å². The van der Waals surface area contributed by atoms with Crippen LogP contribution in [0.2, 0.25) is 0 Å². The molecule has 2 aromatic rings. The molecule has 0 radical (unpaired) electrons. The van der Waals surface area contributed by atoms with E-state index in [1.807, 2.05) is 31.0 Å². The molecule has 0 aliphatic rings. The van der Waals surface area contributed by atoms with Crippen LogP contribution in [0, 0.1) is 5.82 Å². The predicted octanol–water partition coefficient (Wildman–Crippen LogP) is 2.88. The third-order valence-electron chi connectivity index (χ3n) is 3.14. The SMILES string of the molecule is CC(C(=O)Nc1ccc(F)cc1)N(C)Cc1ccco1. The summed E-state index contributed by atoms with van der Waals surface area (Å²) in [5, 5.41) is 2.75. The van der Waals surface area contributed by atoms with Gasteiger partial charge in [0.05, 0.1) is 18.8 Å². The quantitative estimate of drug-likeness (QED) is 0.913. The number of rotatable bonds is 5. The summed E-state index contributed by atoms with van der Waals surface area (Å²) >= 11 is 0. The number of anilines is 1. The first-order valence-corrected chi connectivity index (χ1v) is 6.35. The van der Waals surface area contributed by atoms with E-state index in [9.17, 15) is 9.18 Å². The van der Waals surface area contributed by atoms with Gasteiger partial charge in [-0.05, 0) is 50.4 Å². The van der Waals surface area contributed by atoms with Gasteiger partial charge in [0.25, 0.3) is 0 Å². The van der Waals surface area contributed by atoms with Crippen LogP contribution in [0.25, 0.3) is 0 Å². The molecule has 1 aromatic carbocycles. The molecule has 1 atom stereocenters. The molecule has 1 aromatic heterocycles. The van der Waals surface area contributed by atoms with Crippen LogP contribution in [-0.4, -0.2) is 23.9 Å². The third-order valence-corrected chi connectivity index (χ3v) is 3.14. The number of likely N-dealkylation sites (N-methyl/N-ethyl adjacent to an activating group) is 1. The van der Waals surface area contributed by atoms with Crippen LogP contribution in [0.4, 0.5) is 10.1 Å². The van der Waals surface area contributed by atoms with Gasteiger partial charge in [0.15, 0.2) is 0 Å². The molecule has 5 heteroatoms. The molecule has 106 valence electrons. The van der Waals surface area contributed by atoms with Gasteiger partial charge in [-0.15, -0.1) is 0 Å². The maximum Gasteiger partial charge on any atom is 0.241 e. The van der Waals surface area contributed by atoms with E-state index in [1.54, 1.807) is 6.26 Å². The standard InChI is InChI=1S/C15H17FN2O2/c1-11(18(2)10-14-4-3-9-20-14)15(19)17-13-7-5-12(16)6-8-13/h3-9,11H,10H2,1-2H3,(H,17,19). The molecule has 0 saturated carbocycles. The summed E-state index contributed by atoms with van der Waals surface area (Å²) < 4.78 is 18.0. The summed E-state index contributed by atoms with van der Waals surface area (Å²) in [5.74, 6) is 0.325. The molecule has 1 amide bonds. The van der Waals surface area contributed by atoms with Crippen LogP contribution in [0.15, 0.2) is 47.1 Å². The van der Waals surface area contributed by atoms with Gasteiger partial charge in [-0.25, -0.2) is 4.39 Å². The Hall–Kier alpha value is -2.14. The average Bonchev–Trinajstić information content (AvgIpc) is 2.93. The van der Waals surface area contributed by atoms with Crippen LogP contribution in [0.5, 0.6) is 0 Å². The number of carbonyl (C=O) groups is 1. The van der Waals surface area contributed by atoms with E-state index in [1.165, 1.54) is 24.3 Å². The zero-order chi connectivity index (χ0) is 14.5. The van der Waals surface area contributed by atoms with Crippen molar-refractivity contribution in [2.24, 2.45) is 0 Å². The molecule has 0 aliphatic heterocycles. The van der Waals surface area contributed by atoms with E-state index in [4.69, 9.17) is 4.42 Å². The van der Waals surface area contributed by atoms with Crippen molar-refractivity contribution < 1.29 is 13.6 Å². The van der Waals surface area contributed by atoms with Gasteiger partial charge in [0, 0.05) is 5.69 Å². The van der Waals surface area contributed by atoms with Crippen molar-refractivity contribution in [3.8, 4) is 0 Å². The van der Waals surface area contributed by atoms with Crippen LogP contribution in [-0.2, 0) is 11.3 Å². The molecule has 0 spiro atoms. The lowest BCUT2D eigenvalue weighted by Crippen LogP contribution is -2.39. The lowest BCUT2D eigenvalue weighted by Gasteiger charge is -2.22. The smallest absolute Gasteiger partial charge is 0.241 e. The number of halogens is 1. The Balaban J connectivity index is 1.92. The van der Waals surface area contributed by atoms with Crippen molar-refractivity contribution in [1.29, 1.82) is 0 Å². The fourth-order valence-corrected chi connectivity index (χ4v) is 1.77. The minimum Gasteiger partial charge on any atom is -0.468 e. The van der Waals surface area contributed by atoms with E-state index < -0.39 is 0 Å². The number of benzene rings is 1. The summed E-state index contributed by atoms with van der Waals surface area (Å²) in [7, 11) is 1.84. The highest BCUT2D eigenvalue weighted by atomic mass is 19.1. The van der Waals surface area contributed by atoms with E-state index in [2.05, 4.69) is 5.32 Å². The molecule has 4 nitrogen and oxygen atoms in total. The number of nitrogens with one attached hydrogen (secondary N) is 1. The predicted molar refractivity (Wildman–Crippen MR) is 74.7 cm³/mol. The number of furan rings is 1. The Labute approximate surface area is 117 Å². The zero-order valence-electron chi connectivity index (χ0n) is 11.5. The zero-order valence-corrected chi connectivity index (χ0v) is 11.5. The summed E-state index contributed by atoms with van der Waals surface area (Å²) in [4.78, 5) is 14.0. The van der Waals surface area contributed by atoms with Crippen molar-refractivity contribution in [3.63, 3.8) is 0 Å². The topological polar surface area (TPSA) is 45.5 Å². The largest absolute Gasteiger partial charge is 0.468 e. The van der Waals surface area contributed by atoms with Gasteiger partial charge >= 0.3 is 0 Å². The van der Waals surface area contributed by atoms with E-state index >= 15 is 0 Å². The first-order chi connectivity index (χ1) is 9.56. The first kappa shape index (κ1) is 14.3. The van der Waals surface area contributed by atoms with Crippen molar-refractivity contribution in [2.75, 3.05) is 12.4 Å². The third kappa shape index (κ3) is 3.68. The maximum atomic E-state index is 12.8. The van der Waals surface area contributed by atoms with Gasteiger partial charge < -0.3 is 9.73 Å². The Bertz CT molecular complexity index is 552. The fraction of sp³-hybridized carbons (Fsp3) is 0.267.